The van der Waals surface area contributed by atoms with E-state index in [0.29, 0.717) is 12.0 Å². The summed E-state index contributed by atoms with van der Waals surface area (Å²) in [7, 11) is 0. The molecule has 1 fully saturated rings. The molecule has 0 aromatic carbocycles. The predicted molar refractivity (Wildman–Crippen MR) is 84.7 cm³/mol. The van der Waals surface area contributed by atoms with Crippen LogP contribution >= 0.6 is 11.6 Å². The van der Waals surface area contributed by atoms with Crippen LogP contribution in [-0.2, 0) is 9.59 Å². The third-order valence-electron chi connectivity index (χ3n) is 5.26. The number of halogens is 1. The number of carboxylic acid groups (broad SMARTS) is 2. The Hall–Kier alpha value is -1.29. The molecule has 122 valence electrons. The minimum absolute atomic E-state index is 0.0639. The van der Waals surface area contributed by atoms with E-state index in [1.54, 1.807) is 13.0 Å². The molecule has 0 amide bonds. The third-order valence-corrected chi connectivity index (χ3v) is 5.76. The quantitative estimate of drug-likeness (QED) is 0.811. The molecule has 1 saturated carbocycles. The lowest BCUT2D eigenvalue weighted by Gasteiger charge is -2.44. The zero-order valence-electron chi connectivity index (χ0n) is 13.1. The van der Waals surface area contributed by atoms with E-state index in [0.717, 1.165) is 32.1 Å². The number of allylic oxidation sites excluding steroid dienone is 2. The Morgan fingerprint density at radius 2 is 1.86 bits per heavy atom. The maximum atomic E-state index is 12.1. The van der Waals surface area contributed by atoms with Crippen molar-refractivity contribution in [2.75, 3.05) is 0 Å². The minimum atomic E-state index is -1.17. The highest BCUT2D eigenvalue weighted by Gasteiger charge is 2.52. The zero-order chi connectivity index (χ0) is 16.5. The first-order valence-electron chi connectivity index (χ1n) is 7.91. The summed E-state index contributed by atoms with van der Waals surface area (Å²) in [6.45, 7) is 3.50. The van der Waals surface area contributed by atoms with Crippen molar-refractivity contribution in [2.24, 2.45) is 17.3 Å². The Bertz CT molecular complexity index is 543. The fraction of sp³-hybridized carbons (Fsp3) is 0.647. The summed E-state index contributed by atoms with van der Waals surface area (Å²) in [6, 6.07) is 0. The highest BCUT2D eigenvalue weighted by atomic mass is 35.5. The Balaban J connectivity index is 2.62. The first-order valence-corrected chi connectivity index (χ1v) is 8.29. The number of hydrogen-bond acceptors (Lipinski definition) is 2. The fourth-order valence-corrected chi connectivity index (χ4v) is 4.42. The van der Waals surface area contributed by atoms with Crippen LogP contribution in [0, 0.1) is 17.3 Å². The second-order valence-corrected chi connectivity index (χ2v) is 6.81. The van der Waals surface area contributed by atoms with Gasteiger partial charge in [0, 0.05) is 5.92 Å². The Morgan fingerprint density at radius 3 is 2.32 bits per heavy atom. The average Bonchev–Trinajstić information content (AvgIpc) is 2.49. The number of rotatable bonds is 4. The van der Waals surface area contributed by atoms with E-state index in [1.165, 1.54) is 0 Å². The van der Waals surface area contributed by atoms with Gasteiger partial charge in [0.1, 0.15) is 0 Å². The van der Waals surface area contributed by atoms with Crippen LogP contribution in [0.5, 0.6) is 0 Å². The van der Waals surface area contributed by atoms with Gasteiger partial charge < -0.3 is 10.2 Å². The molecule has 0 aromatic heterocycles. The van der Waals surface area contributed by atoms with Crippen molar-refractivity contribution in [3.8, 4) is 0 Å². The summed E-state index contributed by atoms with van der Waals surface area (Å²) in [5, 5.41) is 19.8. The van der Waals surface area contributed by atoms with Crippen molar-refractivity contribution in [3.63, 3.8) is 0 Å². The fourth-order valence-electron chi connectivity index (χ4n) is 4.16. The summed E-state index contributed by atoms with van der Waals surface area (Å²) < 4.78 is 0. The molecule has 2 unspecified atom stereocenters. The molecular formula is C17H23ClO4. The number of carbonyl (C=O) groups is 2. The lowest BCUT2D eigenvalue weighted by atomic mass is 9.59. The molecule has 2 atom stereocenters. The van der Waals surface area contributed by atoms with E-state index in [1.807, 2.05) is 6.92 Å². The highest BCUT2D eigenvalue weighted by molar-refractivity contribution is 6.34. The first-order chi connectivity index (χ1) is 10.3. The van der Waals surface area contributed by atoms with Crippen molar-refractivity contribution >= 4 is 23.5 Å². The van der Waals surface area contributed by atoms with E-state index >= 15 is 0 Å². The Kier molecular flexibility index (Phi) is 5.00. The number of carboxylic acids is 2. The average molecular weight is 327 g/mol. The van der Waals surface area contributed by atoms with Crippen LogP contribution < -0.4 is 0 Å². The topological polar surface area (TPSA) is 74.6 Å². The van der Waals surface area contributed by atoms with Gasteiger partial charge in [-0.1, -0.05) is 43.9 Å². The van der Waals surface area contributed by atoms with Crippen LogP contribution in [0.1, 0.15) is 52.4 Å². The van der Waals surface area contributed by atoms with Gasteiger partial charge >= 0.3 is 11.9 Å². The molecule has 2 rings (SSSR count). The largest absolute Gasteiger partial charge is 0.481 e. The molecule has 2 aliphatic rings. The maximum Gasteiger partial charge on any atom is 0.333 e. The van der Waals surface area contributed by atoms with Crippen LogP contribution in [-0.4, -0.2) is 22.2 Å². The molecular weight excluding hydrogens is 304 g/mol. The zero-order valence-corrected chi connectivity index (χ0v) is 13.8. The van der Waals surface area contributed by atoms with Gasteiger partial charge in [-0.15, -0.1) is 0 Å². The van der Waals surface area contributed by atoms with Gasteiger partial charge in [-0.3, -0.25) is 4.79 Å². The standard InChI is InChI=1S/C17H23ClO4/c1-3-17(16(21)22)9-10(2)14(18)12(15(19)20)13(17)11-7-5-4-6-8-11/h9,11,13H,3-8H2,1-2H3,(H,19,20)(H,21,22). The van der Waals surface area contributed by atoms with Crippen molar-refractivity contribution in [3.05, 3.63) is 22.3 Å². The lowest BCUT2D eigenvalue weighted by Crippen LogP contribution is -2.45. The number of hydrogen-bond donors (Lipinski definition) is 2. The predicted octanol–water partition coefficient (Wildman–Crippen LogP) is 4.20. The van der Waals surface area contributed by atoms with Crippen molar-refractivity contribution in [1.82, 2.24) is 0 Å². The van der Waals surface area contributed by atoms with Crippen LogP contribution in [0.3, 0.4) is 0 Å². The van der Waals surface area contributed by atoms with E-state index in [2.05, 4.69) is 0 Å². The molecule has 0 radical (unpaired) electrons. The van der Waals surface area contributed by atoms with E-state index in [9.17, 15) is 19.8 Å². The Morgan fingerprint density at radius 1 is 1.27 bits per heavy atom. The molecule has 0 heterocycles. The first kappa shape index (κ1) is 17.1. The molecule has 2 aliphatic carbocycles. The van der Waals surface area contributed by atoms with Gasteiger partial charge in [-0.05, 0) is 37.7 Å². The SMILES string of the molecule is CCC1(C(=O)O)C=C(C)C(Cl)=C(C(=O)O)C1C1CCCCC1. The summed E-state index contributed by atoms with van der Waals surface area (Å²) in [5.74, 6) is -2.53. The Labute approximate surface area is 135 Å². The van der Waals surface area contributed by atoms with Crippen molar-refractivity contribution in [2.45, 2.75) is 52.4 Å². The van der Waals surface area contributed by atoms with Crippen LogP contribution in [0.2, 0.25) is 0 Å². The molecule has 0 bridgehead atoms. The van der Waals surface area contributed by atoms with Crippen LogP contribution in [0.25, 0.3) is 0 Å². The van der Waals surface area contributed by atoms with E-state index < -0.39 is 23.3 Å². The summed E-state index contributed by atoms with van der Waals surface area (Å²) >= 11 is 6.27. The lowest BCUT2D eigenvalue weighted by molar-refractivity contribution is -0.150. The molecule has 0 saturated heterocycles. The summed E-state index contributed by atoms with van der Waals surface area (Å²) in [4.78, 5) is 23.9. The van der Waals surface area contributed by atoms with E-state index in [-0.39, 0.29) is 16.5 Å². The van der Waals surface area contributed by atoms with Crippen molar-refractivity contribution < 1.29 is 19.8 Å². The molecule has 5 heteroatoms. The van der Waals surface area contributed by atoms with E-state index in [4.69, 9.17) is 11.6 Å². The number of aliphatic carboxylic acids is 2. The smallest absolute Gasteiger partial charge is 0.333 e. The van der Waals surface area contributed by atoms with Crippen LogP contribution in [0.15, 0.2) is 22.3 Å². The third kappa shape index (κ3) is 2.69. The molecule has 0 aliphatic heterocycles. The normalized spacial score (nSPS) is 30.1. The second-order valence-electron chi connectivity index (χ2n) is 6.43. The highest BCUT2D eigenvalue weighted by Crippen LogP contribution is 2.52. The summed E-state index contributed by atoms with van der Waals surface area (Å²) in [5.41, 5.74) is -0.522. The van der Waals surface area contributed by atoms with Gasteiger partial charge in [0.25, 0.3) is 0 Å². The molecule has 0 aromatic rings. The summed E-state index contributed by atoms with van der Waals surface area (Å²) in [6.07, 6.45) is 6.96. The van der Waals surface area contributed by atoms with Crippen molar-refractivity contribution in [1.29, 1.82) is 0 Å². The van der Waals surface area contributed by atoms with Gasteiger partial charge in [0.05, 0.1) is 16.0 Å². The van der Waals surface area contributed by atoms with Crippen LogP contribution in [0.4, 0.5) is 0 Å². The maximum absolute atomic E-state index is 12.1. The molecule has 22 heavy (non-hydrogen) atoms. The van der Waals surface area contributed by atoms with Gasteiger partial charge in [0.15, 0.2) is 0 Å². The molecule has 2 N–H and O–H groups in total. The molecule has 4 nitrogen and oxygen atoms in total. The second kappa shape index (κ2) is 6.45. The molecule has 0 spiro atoms. The van der Waals surface area contributed by atoms with Gasteiger partial charge in [-0.25, -0.2) is 4.79 Å². The minimum Gasteiger partial charge on any atom is -0.481 e. The van der Waals surface area contributed by atoms with Gasteiger partial charge in [0.2, 0.25) is 0 Å². The van der Waals surface area contributed by atoms with Gasteiger partial charge in [-0.2, -0.15) is 0 Å². The monoisotopic (exact) mass is 326 g/mol.